The van der Waals surface area contributed by atoms with Crippen LogP contribution in [0.1, 0.15) is 52.9 Å². The van der Waals surface area contributed by atoms with Crippen molar-refractivity contribution in [3.8, 4) is 0 Å². The predicted molar refractivity (Wildman–Crippen MR) is 86.1 cm³/mol. The van der Waals surface area contributed by atoms with Crippen molar-refractivity contribution in [3.05, 3.63) is 0 Å². The van der Waals surface area contributed by atoms with Crippen LogP contribution in [-0.4, -0.2) is 37.2 Å². The molecular weight excluding hydrogens is 256 g/mol. The smallest absolute Gasteiger partial charge is 0.156 e. The van der Waals surface area contributed by atoms with Gasteiger partial charge in [-0.05, 0) is 31.1 Å². The maximum absolute atomic E-state index is 5.54. The number of ether oxygens (including phenoxy) is 1. The van der Waals surface area contributed by atoms with Gasteiger partial charge in [0.1, 0.15) is 0 Å². The van der Waals surface area contributed by atoms with E-state index in [0.717, 1.165) is 37.9 Å². The van der Waals surface area contributed by atoms with Crippen molar-refractivity contribution in [2.24, 2.45) is 10.4 Å². The fourth-order valence-corrected chi connectivity index (χ4v) is 3.36. The number of rotatable bonds is 9. The summed E-state index contributed by atoms with van der Waals surface area (Å²) in [6.07, 6.45) is 5.92. The van der Waals surface area contributed by atoms with E-state index < -0.39 is 0 Å². The number of hydrogen-bond donors (Lipinski definition) is 1. The molecule has 1 aliphatic rings. The van der Waals surface area contributed by atoms with E-state index in [-0.39, 0.29) is 0 Å². The summed E-state index contributed by atoms with van der Waals surface area (Å²) in [5, 5.41) is 4.56. The molecule has 1 aliphatic heterocycles. The Morgan fingerprint density at radius 2 is 1.95 bits per heavy atom. The van der Waals surface area contributed by atoms with Gasteiger partial charge in [0.2, 0.25) is 0 Å². The second-order valence-corrected chi connectivity index (χ2v) is 6.33. The van der Waals surface area contributed by atoms with Gasteiger partial charge in [0, 0.05) is 32.1 Å². The van der Waals surface area contributed by atoms with Crippen molar-refractivity contribution in [1.82, 2.24) is 5.32 Å². The molecule has 0 aromatic rings. The van der Waals surface area contributed by atoms with Crippen LogP contribution in [0.4, 0.5) is 0 Å². The van der Waals surface area contributed by atoms with Gasteiger partial charge in [0.25, 0.3) is 0 Å². The van der Waals surface area contributed by atoms with Gasteiger partial charge >= 0.3 is 0 Å². The molecule has 0 saturated carbocycles. The molecule has 0 unspecified atom stereocenters. The largest absolute Gasteiger partial charge is 0.381 e. The van der Waals surface area contributed by atoms with Gasteiger partial charge in [-0.25, -0.2) is 0 Å². The van der Waals surface area contributed by atoms with E-state index in [1.54, 1.807) is 0 Å². The standard InChI is InChI=1S/C15H30N2OS/c1-4-7-10-18-11-8-9-16-14-17-12-15(5-2,6-3)13-19-14/h4-13H2,1-3H3,(H,16,17). The SMILES string of the molecule is CCCCOCCCNC1=NCC(CC)(CC)CS1. The van der Waals surface area contributed by atoms with Crippen molar-refractivity contribution in [2.45, 2.75) is 52.9 Å². The van der Waals surface area contributed by atoms with E-state index in [0.29, 0.717) is 5.41 Å². The summed E-state index contributed by atoms with van der Waals surface area (Å²) < 4.78 is 5.54. The number of nitrogens with one attached hydrogen (secondary N) is 1. The summed E-state index contributed by atoms with van der Waals surface area (Å²) >= 11 is 1.89. The summed E-state index contributed by atoms with van der Waals surface area (Å²) in [5.41, 5.74) is 0.444. The Hall–Kier alpha value is -0.220. The summed E-state index contributed by atoms with van der Waals surface area (Å²) in [6, 6.07) is 0. The number of nitrogens with zero attached hydrogens (tertiary/aromatic N) is 1. The van der Waals surface area contributed by atoms with Crippen molar-refractivity contribution in [3.63, 3.8) is 0 Å². The molecule has 0 aliphatic carbocycles. The molecule has 1 heterocycles. The average molecular weight is 286 g/mol. The Kier molecular flexibility index (Phi) is 8.55. The first-order valence-corrected chi connectivity index (χ1v) is 8.73. The van der Waals surface area contributed by atoms with Gasteiger partial charge in [0.05, 0.1) is 0 Å². The Labute approximate surface area is 123 Å². The third-order valence-corrected chi connectivity index (χ3v) is 5.26. The van der Waals surface area contributed by atoms with E-state index in [9.17, 15) is 0 Å². The summed E-state index contributed by atoms with van der Waals surface area (Å²) in [5.74, 6) is 1.21. The highest BCUT2D eigenvalue weighted by atomic mass is 32.2. The van der Waals surface area contributed by atoms with Crippen LogP contribution in [0.15, 0.2) is 4.99 Å². The first-order chi connectivity index (χ1) is 9.26. The number of unbranched alkanes of at least 4 members (excludes halogenated alkanes) is 1. The predicted octanol–water partition coefficient (Wildman–Crippen LogP) is 3.69. The second-order valence-electron chi connectivity index (χ2n) is 5.36. The third kappa shape index (κ3) is 6.17. The summed E-state index contributed by atoms with van der Waals surface area (Å²) in [7, 11) is 0. The monoisotopic (exact) mass is 286 g/mol. The lowest BCUT2D eigenvalue weighted by atomic mass is 9.84. The Bertz CT molecular complexity index is 265. The number of hydrogen-bond acceptors (Lipinski definition) is 4. The molecule has 4 heteroatoms. The molecule has 112 valence electrons. The van der Waals surface area contributed by atoms with Crippen LogP contribution >= 0.6 is 11.8 Å². The zero-order valence-electron chi connectivity index (χ0n) is 12.8. The highest BCUT2D eigenvalue weighted by Gasteiger charge is 2.29. The topological polar surface area (TPSA) is 33.6 Å². The molecule has 0 atom stereocenters. The molecule has 19 heavy (non-hydrogen) atoms. The Morgan fingerprint density at radius 1 is 1.21 bits per heavy atom. The lowest BCUT2D eigenvalue weighted by Crippen LogP contribution is -2.35. The lowest BCUT2D eigenvalue weighted by Gasteiger charge is -2.33. The van der Waals surface area contributed by atoms with Crippen molar-refractivity contribution < 1.29 is 4.74 Å². The van der Waals surface area contributed by atoms with Crippen molar-refractivity contribution >= 4 is 16.9 Å². The fraction of sp³-hybridized carbons (Fsp3) is 0.933. The van der Waals surface area contributed by atoms with Crippen LogP contribution in [0, 0.1) is 5.41 Å². The van der Waals surface area contributed by atoms with E-state index in [1.165, 1.54) is 31.4 Å². The quantitative estimate of drug-likeness (QED) is 0.656. The van der Waals surface area contributed by atoms with Crippen molar-refractivity contribution in [1.29, 1.82) is 0 Å². The Morgan fingerprint density at radius 3 is 2.53 bits per heavy atom. The average Bonchev–Trinajstić information content (AvgIpc) is 2.47. The molecule has 0 radical (unpaired) electrons. The molecule has 3 nitrogen and oxygen atoms in total. The van der Waals surface area contributed by atoms with E-state index in [4.69, 9.17) is 9.73 Å². The van der Waals surface area contributed by atoms with Crippen LogP contribution in [0.5, 0.6) is 0 Å². The molecule has 0 bridgehead atoms. The van der Waals surface area contributed by atoms with Gasteiger partial charge in [-0.2, -0.15) is 0 Å². The maximum Gasteiger partial charge on any atom is 0.156 e. The number of thioether (sulfide) groups is 1. The molecule has 0 fully saturated rings. The third-order valence-electron chi connectivity index (χ3n) is 3.96. The first-order valence-electron chi connectivity index (χ1n) is 7.75. The first kappa shape index (κ1) is 16.8. The highest BCUT2D eigenvalue weighted by molar-refractivity contribution is 8.13. The molecule has 1 N–H and O–H groups in total. The van der Waals surface area contributed by atoms with Gasteiger partial charge in [-0.15, -0.1) is 0 Å². The Balaban J connectivity index is 2.10. The minimum Gasteiger partial charge on any atom is -0.381 e. The zero-order chi connectivity index (χ0) is 14.0. The second kappa shape index (κ2) is 9.65. The zero-order valence-corrected chi connectivity index (χ0v) is 13.7. The van der Waals surface area contributed by atoms with Crippen LogP contribution in [-0.2, 0) is 4.74 Å². The minimum absolute atomic E-state index is 0.444. The van der Waals surface area contributed by atoms with Gasteiger partial charge < -0.3 is 10.1 Å². The normalized spacial score (nSPS) is 18.2. The van der Waals surface area contributed by atoms with Gasteiger partial charge in [0.15, 0.2) is 5.17 Å². The van der Waals surface area contributed by atoms with Crippen LogP contribution in [0.25, 0.3) is 0 Å². The van der Waals surface area contributed by atoms with Crippen LogP contribution in [0.3, 0.4) is 0 Å². The van der Waals surface area contributed by atoms with E-state index in [1.807, 2.05) is 11.8 Å². The van der Waals surface area contributed by atoms with Crippen LogP contribution < -0.4 is 5.32 Å². The highest BCUT2D eigenvalue weighted by Crippen LogP contribution is 2.34. The van der Waals surface area contributed by atoms with E-state index in [2.05, 4.69) is 26.1 Å². The molecule has 0 aromatic carbocycles. The fourth-order valence-electron chi connectivity index (χ4n) is 2.05. The van der Waals surface area contributed by atoms with E-state index >= 15 is 0 Å². The molecule has 0 amide bonds. The molecule has 1 rings (SSSR count). The molecule has 0 spiro atoms. The number of amidine groups is 1. The van der Waals surface area contributed by atoms with Crippen molar-refractivity contribution in [2.75, 3.05) is 32.1 Å². The molecule has 0 saturated heterocycles. The maximum atomic E-state index is 5.54. The molecule has 0 aromatic heterocycles. The van der Waals surface area contributed by atoms with Gasteiger partial charge in [-0.3, -0.25) is 4.99 Å². The number of aliphatic imine (C=N–C) groups is 1. The minimum atomic E-state index is 0.444. The van der Waals surface area contributed by atoms with Gasteiger partial charge in [-0.1, -0.05) is 39.0 Å². The molecular formula is C15H30N2OS. The van der Waals surface area contributed by atoms with Crippen LogP contribution in [0.2, 0.25) is 0 Å². The summed E-state index contributed by atoms with van der Waals surface area (Å²) in [6.45, 7) is 10.5. The summed E-state index contributed by atoms with van der Waals surface area (Å²) in [4.78, 5) is 4.70. The lowest BCUT2D eigenvalue weighted by molar-refractivity contribution is 0.129.